The Labute approximate surface area is 149 Å². The molecule has 0 fully saturated rings. The number of aromatic amines is 2. The van der Waals surface area contributed by atoms with Gasteiger partial charge in [-0.15, -0.1) is 0 Å². The van der Waals surface area contributed by atoms with E-state index in [2.05, 4.69) is 15.3 Å². The Morgan fingerprint density at radius 2 is 1.84 bits per heavy atom. The summed E-state index contributed by atoms with van der Waals surface area (Å²) in [5.41, 5.74) is 3.34. The van der Waals surface area contributed by atoms with Gasteiger partial charge in [0.15, 0.2) is 4.77 Å². The Morgan fingerprint density at radius 3 is 2.64 bits per heavy atom. The summed E-state index contributed by atoms with van der Waals surface area (Å²) in [6.45, 7) is 0.417. The summed E-state index contributed by atoms with van der Waals surface area (Å²) in [5.74, 6) is -0.185. The Morgan fingerprint density at radius 1 is 1.08 bits per heavy atom. The zero-order valence-corrected chi connectivity index (χ0v) is 14.1. The molecule has 2 aromatic carbocycles. The maximum absolute atomic E-state index is 12.6. The van der Waals surface area contributed by atoms with E-state index in [0.29, 0.717) is 17.0 Å². The zero-order valence-electron chi connectivity index (χ0n) is 13.3. The van der Waals surface area contributed by atoms with E-state index in [1.807, 2.05) is 60.7 Å². The number of imidazole rings is 1. The molecule has 0 aliphatic heterocycles. The minimum atomic E-state index is -0.185. The molecule has 1 amide bonds. The lowest BCUT2D eigenvalue weighted by atomic mass is 10.2. The van der Waals surface area contributed by atoms with Crippen molar-refractivity contribution in [3.8, 4) is 5.69 Å². The van der Waals surface area contributed by atoms with Crippen LogP contribution in [0.2, 0.25) is 0 Å². The molecule has 0 unspecified atom stereocenters. The first kappa shape index (κ1) is 15.4. The molecule has 0 bridgehead atoms. The van der Waals surface area contributed by atoms with Crippen molar-refractivity contribution in [3.05, 3.63) is 83.0 Å². The number of para-hydroxylation sites is 2. The molecule has 0 saturated heterocycles. The smallest absolute Gasteiger partial charge is 0.270 e. The molecule has 3 N–H and O–H groups in total. The largest absolute Gasteiger partial charge is 0.357 e. The van der Waals surface area contributed by atoms with Crippen LogP contribution in [0.3, 0.4) is 0 Å². The van der Waals surface area contributed by atoms with Gasteiger partial charge in [0, 0.05) is 23.1 Å². The SMILES string of the molecule is O=C(NCc1cc2ccccc2[nH]1)c1c[nH]c(=S)n1-c1ccccc1. The Balaban J connectivity index is 1.57. The maximum atomic E-state index is 12.6. The quantitative estimate of drug-likeness (QED) is 0.489. The van der Waals surface area contributed by atoms with Gasteiger partial charge in [-0.2, -0.15) is 0 Å². The van der Waals surface area contributed by atoms with E-state index in [4.69, 9.17) is 12.2 Å². The molecule has 0 aliphatic rings. The van der Waals surface area contributed by atoms with Crippen molar-refractivity contribution in [3.63, 3.8) is 0 Å². The van der Waals surface area contributed by atoms with Crippen molar-refractivity contribution in [2.24, 2.45) is 0 Å². The lowest BCUT2D eigenvalue weighted by molar-refractivity contribution is 0.0943. The van der Waals surface area contributed by atoms with Gasteiger partial charge in [0.2, 0.25) is 0 Å². The highest BCUT2D eigenvalue weighted by atomic mass is 32.1. The second-order valence-electron chi connectivity index (χ2n) is 5.71. The van der Waals surface area contributed by atoms with Crippen molar-refractivity contribution >= 4 is 29.0 Å². The molecule has 124 valence electrons. The van der Waals surface area contributed by atoms with Gasteiger partial charge in [-0.1, -0.05) is 36.4 Å². The van der Waals surface area contributed by atoms with Gasteiger partial charge in [-0.3, -0.25) is 9.36 Å². The molecule has 5 nitrogen and oxygen atoms in total. The van der Waals surface area contributed by atoms with Crippen LogP contribution in [0.1, 0.15) is 16.2 Å². The summed E-state index contributed by atoms with van der Waals surface area (Å²) in [6, 6.07) is 19.6. The monoisotopic (exact) mass is 348 g/mol. The third kappa shape index (κ3) is 2.99. The minimum absolute atomic E-state index is 0.185. The summed E-state index contributed by atoms with van der Waals surface area (Å²) in [5, 5.41) is 4.07. The highest BCUT2D eigenvalue weighted by Gasteiger charge is 2.14. The van der Waals surface area contributed by atoms with E-state index in [1.165, 1.54) is 0 Å². The first-order valence-corrected chi connectivity index (χ1v) is 8.34. The number of nitrogens with one attached hydrogen (secondary N) is 3. The lowest BCUT2D eigenvalue weighted by Gasteiger charge is -2.08. The number of benzene rings is 2. The molecule has 0 aliphatic carbocycles. The lowest BCUT2D eigenvalue weighted by Crippen LogP contribution is -2.25. The molecule has 0 radical (unpaired) electrons. The second kappa shape index (κ2) is 6.41. The molecule has 0 spiro atoms. The summed E-state index contributed by atoms with van der Waals surface area (Å²) in [4.78, 5) is 18.9. The minimum Gasteiger partial charge on any atom is -0.357 e. The molecule has 2 heterocycles. The van der Waals surface area contributed by atoms with E-state index < -0.39 is 0 Å². The summed E-state index contributed by atoms with van der Waals surface area (Å²) >= 11 is 5.32. The maximum Gasteiger partial charge on any atom is 0.270 e. The molecule has 0 atom stereocenters. The summed E-state index contributed by atoms with van der Waals surface area (Å²) in [6.07, 6.45) is 1.63. The number of hydrogen-bond donors (Lipinski definition) is 3. The van der Waals surface area contributed by atoms with Gasteiger partial charge < -0.3 is 15.3 Å². The Bertz CT molecular complexity index is 1060. The summed E-state index contributed by atoms with van der Waals surface area (Å²) < 4.78 is 2.22. The van der Waals surface area contributed by atoms with Crippen LogP contribution < -0.4 is 5.32 Å². The molecular weight excluding hydrogens is 332 g/mol. The average molecular weight is 348 g/mol. The van der Waals surface area contributed by atoms with Crippen LogP contribution in [0, 0.1) is 4.77 Å². The molecule has 2 aromatic heterocycles. The van der Waals surface area contributed by atoms with Gasteiger partial charge in [-0.25, -0.2) is 0 Å². The molecule has 4 aromatic rings. The third-order valence-electron chi connectivity index (χ3n) is 4.05. The highest BCUT2D eigenvalue weighted by Crippen LogP contribution is 2.15. The number of H-pyrrole nitrogens is 2. The molecule has 0 saturated carbocycles. The highest BCUT2D eigenvalue weighted by molar-refractivity contribution is 7.71. The van der Waals surface area contributed by atoms with Crippen molar-refractivity contribution in [2.45, 2.75) is 6.54 Å². The van der Waals surface area contributed by atoms with Crippen molar-refractivity contribution in [1.29, 1.82) is 0 Å². The second-order valence-corrected chi connectivity index (χ2v) is 6.10. The number of nitrogens with zero attached hydrogens (tertiary/aromatic N) is 1. The zero-order chi connectivity index (χ0) is 17.2. The van der Waals surface area contributed by atoms with Crippen LogP contribution in [0.5, 0.6) is 0 Å². The van der Waals surface area contributed by atoms with E-state index in [-0.39, 0.29) is 5.91 Å². The van der Waals surface area contributed by atoms with Crippen LogP contribution in [0.25, 0.3) is 16.6 Å². The van der Waals surface area contributed by atoms with Crippen LogP contribution in [-0.4, -0.2) is 20.4 Å². The fourth-order valence-electron chi connectivity index (χ4n) is 2.86. The molecule has 25 heavy (non-hydrogen) atoms. The van der Waals surface area contributed by atoms with Crippen LogP contribution in [-0.2, 0) is 6.54 Å². The van der Waals surface area contributed by atoms with Crippen LogP contribution in [0.15, 0.2) is 66.9 Å². The van der Waals surface area contributed by atoms with Gasteiger partial charge in [0.05, 0.1) is 6.54 Å². The number of hydrogen-bond acceptors (Lipinski definition) is 2. The standard InChI is InChI=1S/C19H16N4OS/c24-18(20-11-14-10-13-6-4-5-9-16(13)22-14)17-12-21-19(25)23(17)15-7-2-1-3-8-15/h1-10,12,22H,11H2,(H,20,24)(H,21,25). The van der Waals surface area contributed by atoms with E-state index in [9.17, 15) is 4.79 Å². The number of carbonyl (C=O) groups excluding carboxylic acids is 1. The first-order valence-electron chi connectivity index (χ1n) is 7.93. The Kier molecular flexibility index (Phi) is 3.95. The topological polar surface area (TPSA) is 65.6 Å². The third-order valence-corrected chi connectivity index (χ3v) is 4.35. The number of carbonyl (C=O) groups is 1. The number of fused-ring (bicyclic) bond motifs is 1. The average Bonchev–Trinajstić information content (AvgIpc) is 3.23. The number of rotatable bonds is 4. The normalized spacial score (nSPS) is 10.9. The molecular formula is C19H16N4OS. The van der Waals surface area contributed by atoms with Crippen molar-refractivity contribution in [1.82, 2.24) is 19.9 Å². The fraction of sp³-hybridized carbons (Fsp3) is 0.0526. The Hall–Kier alpha value is -3.12. The van der Waals surface area contributed by atoms with E-state index in [0.717, 1.165) is 22.3 Å². The summed E-state index contributed by atoms with van der Waals surface area (Å²) in [7, 11) is 0. The number of amides is 1. The fourth-order valence-corrected chi connectivity index (χ4v) is 3.13. The van der Waals surface area contributed by atoms with Gasteiger partial charge >= 0.3 is 0 Å². The predicted molar refractivity (Wildman–Crippen MR) is 100 cm³/mol. The van der Waals surface area contributed by atoms with Crippen LogP contribution >= 0.6 is 12.2 Å². The van der Waals surface area contributed by atoms with E-state index >= 15 is 0 Å². The van der Waals surface area contributed by atoms with E-state index in [1.54, 1.807) is 10.8 Å². The van der Waals surface area contributed by atoms with Gasteiger partial charge in [0.1, 0.15) is 5.69 Å². The molecule has 4 rings (SSSR count). The predicted octanol–water partition coefficient (Wildman–Crippen LogP) is 3.95. The number of aromatic nitrogens is 3. The van der Waals surface area contributed by atoms with Gasteiger partial charge in [-0.05, 0) is 41.9 Å². The van der Waals surface area contributed by atoms with Gasteiger partial charge in [0.25, 0.3) is 5.91 Å². The first-order chi connectivity index (χ1) is 12.2. The van der Waals surface area contributed by atoms with Crippen LogP contribution in [0.4, 0.5) is 0 Å². The molecule has 6 heteroatoms. The van der Waals surface area contributed by atoms with Crippen molar-refractivity contribution in [2.75, 3.05) is 0 Å². The van der Waals surface area contributed by atoms with Crippen molar-refractivity contribution < 1.29 is 4.79 Å².